The van der Waals surface area contributed by atoms with Crippen molar-refractivity contribution in [2.75, 3.05) is 39.9 Å². The molecular formula is C23H35Cl2N3. The lowest BCUT2D eigenvalue weighted by atomic mass is 9.88. The molecule has 0 radical (unpaired) electrons. The summed E-state index contributed by atoms with van der Waals surface area (Å²) in [6.45, 7) is 6.01. The molecule has 2 saturated heterocycles. The highest BCUT2D eigenvalue weighted by atomic mass is 35.5. The molecule has 3 aliphatic rings. The number of benzene rings is 1. The first-order chi connectivity index (χ1) is 13.6. The van der Waals surface area contributed by atoms with E-state index in [9.17, 15) is 0 Å². The molecule has 3 nitrogen and oxygen atoms in total. The van der Waals surface area contributed by atoms with Crippen LogP contribution in [-0.4, -0.2) is 66.7 Å². The van der Waals surface area contributed by atoms with Crippen molar-refractivity contribution in [3.8, 4) is 0 Å². The number of halogens is 2. The van der Waals surface area contributed by atoms with E-state index in [1.54, 1.807) is 0 Å². The van der Waals surface area contributed by atoms with Gasteiger partial charge in [-0.15, -0.1) is 0 Å². The first kappa shape index (κ1) is 20.9. The Bertz CT molecular complexity index is 618. The van der Waals surface area contributed by atoms with E-state index in [0.717, 1.165) is 54.7 Å². The van der Waals surface area contributed by atoms with Crippen LogP contribution in [0.2, 0.25) is 10.0 Å². The minimum Gasteiger partial charge on any atom is -0.299 e. The molecule has 0 N–H and O–H groups in total. The van der Waals surface area contributed by atoms with E-state index in [1.165, 1.54) is 57.2 Å². The fourth-order valence-electron chi connectivity index (χ4n) is 5.79. The van der Waals surface area contributed by atoms with Gasteiger partial charge in [-0.25, -0.2) is 0 Å². The van der Waals surface area contributed by atoms with E-state index in [-0.39, 0.29) is 0 Å². The summed E-state index contributed by atoms with van der Waals surface area (Å²) in [6.07, 6.45) is 10.7. The molecule has 4 rings (SSSR count). The maximum Gasteiger partial charge on any atom is 0.0506 e. The number of likely N-dealkylation sites (N-methyl/N-ethyl adjacent to an activating group) is 1. The Kier molecular flexibility index (Phi) is 7.22. The fraction of sp³-hybridized carbons (Fsp3) is 0.739. The summed E-state index contributed by atoms with van der Waals surface area (Å²) in [5, 5.41) is 1.66. The van der Waals surface area contributed by atoms with Crippen LogP contribution in [-0.2, 0) is 0 Å². The van der Waals surface area contributed by atoms with Gasteiger partial charge in [0.15, 0.2) is 0 Å². The molecule has 1 aliphatic carbocycles. The highest BCUT2D eigenvalue weighted by Gasteiger charge is 2.34. The minimum absolute atomic E-state index is 0.495. The van der Waals surface area contributed by atoms with Crippen LogP contribution in [0.15, 0.2) is 18.2 Å². The highest BCUT2D eigenvalue weighted by molar-refractivity contribution is 6.36. The third-order valence-electron chi connectivity index (χ3n) is 7.29. The van der Waals surface area contributed by atoms with Crippen molar-refractivity contribution in [1.82, 2.24) is 14.7 Å². The van der Waals surface area contributed by atoms with Crippen LogP contribution in [0.4, 0.5) is 0 Å². The Labute approximate surface area is 181 Å². The van der Waals surface area contributed by atoms with Gasteiger partial charge in [0.1, 0.15) is 0 Å². The molecule has 1 saturated carbocycles. The topological polar surface area (TPSA) is 9.72 Å². The molecule has 0 amide bonds. The lowest BCUT2D eigenvalue weighted by molar-refractivity contribution is 0.0317. The molecule has 2 atom stereocenters. The van der Waals surface area contributed by atoms with Crippen molar-refractivity contribution in [3.05, 3.63) is 33.8 Å². The van der Waals surface area contributed by atoms with Crippen molar-refractivity contribution in [3.63, 3.8) is 0 Å². The van der Waals surface area contributed by atoms with E-state index in [4.69, 9.17) is 23.2 Å². The highest BCUT2D eigenvalue weighted by Crippen LogP contribution is 2.37. The number of rotatable bonds is 5. The van der Waals surface area contributed by atoms with Crippen LogP contribution in [0.3, 0.4) is 0 Å². The Hall–Kier alpha value is -0.320. The average molecular weight is 424 g/mol. The molecular weight excluding hydrogens is 389 g/mol. The first-order valence-corrected chi connectivity index (χ1v) is 12.0. The summed E-state index contributed by atoms with van der Waals surface area (Å²) in [7, 11) is 2.36. The van der Waals surface area contributed by atoms with E-state index in [1.807, 2.05) is 18.2 Å². The van der Waals surface area contributed by atoms with Gasteiger partial charge in [0, 0.05) is 22.1 Å². The van der Waals surface area contributed by atoms with Crippen molar-refractivity contribution >= 4 is 23.2 Å². The number of likely N-dealkylation sites (tertiary alicyclic amines) is 2. The van der Waals surface area contributed by atoms with Crippen LogP contribution < -0.4 is 0 Å². The lowest BCUT2D eigenvalue weighted by Gasteiger charge is -2.44. The monoisotopic (exact) mass is 423 g/mol. The predicted molar refractivity (Wildman–Crippen MR) is 119 cm³/mol. The van der Waals surface area contributed by atoms with Gasteiger partial charge in [0.2, 0.25) is 0 Å². The van der Waals surface area contributed by atoms with Crippen LogP contribution >= 0.6 is 23.2 Å². The van der Waals surface area contributed by atoms with Crippen LogP contribution in [0, 0.1) is 0 Å². The second kappa shape index (κ2) is 9.66. The van der Waals surface area contributed by atoms with Crippen molar-refractivity contribution < 1.29 is 0 Å². The van der Waals surface area contributed by atoms with E-state index in [0.29, 0.717) is 5.92 Å². The summed E-state index contributed by atoms with van der Waals surface area (Å²) in [5.41, 5.74) is 1.17. The van der Waals surface area contributed by atoms with Gasteiger partial charge in [-0.3, -0.25) is 14.7 Å². The molecule has 3 fully saturated rings. The Morgan fingerprint density at radius 3 is 2.21 bits per heavy atom. The van der Waals surface area contributed by atoms with Crippen molar-refractivity contribution in [1.29, 1.82) is 0 Å². The smallest absolute Gasteiger partial charge is 0.0506 e. The second-order valence-electron chi connectivity index (χ2n) is 9.09. The molecule has 5 heteroatoms. The normalized spacial score (nSPS) is 28.3. The van der Waals surface area contributed by atoms with Crippen LogP contribution in [0.1, 0.15) is 62.8 Å². The van der Waals surface area contributed by atoms with Crippen molar-refractivity contribution in [2.45, 2.75) is 69.4 Å². The number of nitrogens with zero attached hydrogens (tertiary/aromatic N) is 3. The van der Waals surface area contributed by atoms with E-state index < -0.39 is 0 Å². The zero-order valence-corrected chi connectivity index (χ0v) is 18.8. The third-order valence-corrected chi connectivity index (χ3v) is 7.95. The van der Waals surface area contributed by atoms with Gasteiger partial charge in [0.25, 0.3) is 0 Å². The van der Waals surface area contributed by atoms with E-state index in [2.05, 4.69) is 21.7 Å². The minimum atomic E-state index is 0.495. The molecule has 2 aliphatic heterocycles. The Morgan fingerprint density at radius 1 is 0.893 bits per heavy atom. The number of hydrogen-bond donors (Lipinski definition) is 0. The quantitative estimate of drug-likeness (QED) is 0.621. The molecule has 156 valence electrons. The van der Waals surface area contributed by atoms with Gasteiger partial charge >= 0.3 is 0 Å². The van der Waals surface area contributed by atoms with Gasteiger partial charge in [0.05, 0.1) is 6.67 Å². The van der Waals surface area contributed by atoms with Gasteiger partial charge in [-0.2, -0.15) is 0 Å². The number of hydrogen-bond acceptors (Lipinski definition) is 3. The first-order valence-electron chi connectivity index (χ1n) is 11.2. The lowest BCUT2D eigenvalue weighted by Crippen LogP contribution is -2.54. The zero-order valence-electron chi connectivity index (χ0n) is 17.3. The SMILES string of the molecule is CN(CN1CCC(c2c(Cl)cccc2Cl)CC1)[C@H]1CCCC[C@@H]1N1CCCC1. The summed E-state index contributed by atoms with van der Waals surface area (Å²) < 4.78 is 0. The third kappa shape index (κ3) is 4.70. The maximum absolute atomic E-state index is 6.45. The molecule has 28 heavy (non-hydrogen) atoms. The Morgan fingerprint density at radius 2 is 1.54 bits per heavy atom. The molecule has 2 heterocycles. The summed E-state index contributed by atoms with van der Waals surface area (Å²) in [5.74, 6) is 0.495. The molecule has 0 aromatic heterocycles. The summed E-state index contributed by atoms with van der Waals surface area (Å²) in [6, 6.07) is 7.40. The fourth-order valence-corrected chi connectivity index (χ4v) is 6.50. The predicted octanol–water partition coefficient (Wildman–Crippen LogP) is 5.47. The van der Waals surface area contributed by atoms with Crippen LogP contribution in [0.5, 0.6) is 0 Å². The number of piperidine rings is 1. The second-order valence-corrected chi connectivity index (χ2v) is 9.90. The largest absolute Gasteiger partial charge is 0.299 e. The molecule has 0 spiro atoms. The molecule has 1 aromatic carbocycles. The van der Waals surface area contributed by atoms with Crippen LogP contribution in [0.25, 0.3) is 0 Å². The van der Waals surface area contributed by atoms with Crippen molar-refractivity contribution in [2.24, 2.45) is 0 Å². The van der Waals surface area contributed by atoms with Gasteiger partial charge in [-0.05, 0) is 95.4 Å². The van der Waals surface area contributed by atoms with Gasteiger partial charge in [-0.1, -0.05) is 42.1 Å². The Balaban J connectivity index is 1.32. The summed E-state index contributed by atoms with van der Waals surface area (Å²) in [4.78, 5) is 8.08. The van der Waals surface area contributed by atoms with Gasteiger partial charge < -0.3 is 0 Å². The molecule has 0 bridgehead atoms. The zero-order chi connectivity index (χ0) is 19.5. The van der Waals surface area contributed by atoms with E-state index >= 15 is 0 Å². The standard InChI is InChI=1S/C23H35Cl2N3/c1-26(21-9-2-3-10-22(21)28-13-4-5-14-28)17-27-15-11-18(12-16-27)23-19(24)7-6-8-20(23)25/h6-8,18,21-22H,2-5,9-17H2,1H3/t21-,22-/m0/s1. The molecule has 1 aromatic rings. The molecule has 0 unspecified atom stereocenters. The average Bonchev–Trinajstić information content (AvgIpc) is 3.24. The maximum atomic E-state index is 6.45. The summed E-state index contributed by atoms with van der Waals surface area (Å²) >= 11 is 12.9.